The van der Waals surface area contributed by atoms with Gasteiger partial charge in [0.15, 0.2) is 17.5 Å². The lowest BCUT2D eigenvalue weighted by atomic mass is 10.2. The Labute approximate surface area is 134 Å². The molecule has 6 nitrogen and oxygen atoms in total. The molecule has 1 heterocycles. The van der Waals surface area contributed by atoms with Gasteiger partial charge in [-0.05, 0) is 18.6 Å². The zero-order chi connectivity index (χ0) is 16.5. The maximum Gasteiger partial charge on any atom is 0.191 e. The molecule has 0 bridgehead atoms. The standard InChI is InChI=1S/C16H21FN4O2/c1-3-13(23-15-7-5-4-6-14(15)17)11-20-16(18-2)19-10-12-8-9-22-21-12/h4-9,13H,3,10-11H2,1-2H3,(H2,18,19,20). The molecule has 1 unspecified atom stereocenters. The first-order chi connectivity index (χ1) is 11.2. The SMILES string of the molecule is CCC(CNC(=NC)NCc1ccon1)Oc1ccccc1F. The molecule has 0 amide bonds. The van der Waals surface area contributed by atoms with Gasteiger partial charge in [0.1, 0.15) is 18.1 Å². The molecule has 2 rings (SSSR count). The quantitative estimate of drug-likeness (QED) is 0.605. The summed E-state index contributed by atoms with van der Waals surface area (Å²) in [7, 11) is 1.68. The molecule has 7 heteroatoms. The van der Waals surface area contributed by atoms with Crippen LogP contribution < -0.4 is 15.4 Å². The maximum absolute atomic E-state index is 13.6. The van der Waals surface area contributed by atoms with Crippen molar-refractivity contribution in [3.8, 4) is 5.75 Å². The van der Waals surface area contributed by atoms with Gasteiger partial charge in [0.2, 0.25) is 0 Å². The number of nitrogens with zero attached hydrogens (tertiary/aromatic N) is 2. The van der Waals surface area contributed by atoms with Crippen molar-refractivity contribution < 1.29 is 13.7 Å². The minimum absolute atomic E-state index is 0.169. The lowest BCUT2D eigenvalue weighted by Crippen LogP contribution is -2.42. The van der Waals surface area contributed by atoms with Crippen molar-refractivity contribution in [2.75, 3.05) is 13.6 Å². The molecule has 0 spiro atoms. The average molecular weight is 320 g/mol. The number of hydrogen-bond acceptors (Lipinski definition) is 4. The molecule has 23 heavy (non-hydrogen) atoms. The molecular weight excluding hydrogens is 299 g/mol. The highest BCUT2D eigenvalue weighted by Crippen LogP contribution is 2.17. The number of para-hydroxylation sites is 1. The summed E-state index contributed by atoms with van der Waals surface area (Å²) in [5, 5.41) is 10.1. The second-order valence-corrected chi connectivity index (χ2v) is 4.88. The van der Waals surface area contributed by atoms with Crippen LogP contribution in [0, 0.1) is 5.82 Å². The monoisotopic (exact) mass is 320 g/mol. The molecule has 124 valence electrons. The first-order valence-corrected chi connectivity index (χ1v) is 7.48. The van der Waals surface area contributed by atoms with E-state index in [2.05, 4.69) is 20.8 Å². The second-order valence-electron chi connectivity index (χ2n) is 4.88. The molecule has 0 saturated heterocycles. The maximum atomic E-state index is 13.6. The van der Waals surface area contributed by atoms with Gasteiger partial charge < -0.3 is 19.9 Å². The Kier molecular flexibility index (Phi) is 6.40. The summed E-state index contributed by atoms with van der Waals surface area (Å²) >= 11 is 0. The Morgan fingerprint density at radius 1 is 1.35 bits per heavy atom. The van der Waals surface area contributed by atoms with Crippen LogP contribution in [0.25, 0.3) is 0 Å². The number of nitrogens with one attached hydrogen (secondary N) is 2. The third kappa shape index (κ3) is 5.28. The number of rotatable bonds is 7. The Morgan fingerprint density at radius 2 is 2.17 bits per heavy atom. The van der Waals surface area contributed by atoms with Gasteiger partial charge in [-0.2, -0.15) is 0 Å². The number of ether oxygens (including phenoxy) is 1. The Hall–Kier alpha value is -2.57. The lowest BCUT2D eigenvalue weighted by Gasteiger charge is -2.20. The molecule has 2 N–H and O–H groups in total. The van der Waals surface area contributed by atoms with Crippen molar-refractivity contribution in [2.24, 2.45) is 4.99 Å². The van der Waals surface area contributed by atoms with E-state index in [0.717, 1.165) is 12.1 Å². The van der Waals surface area contributed by atoms with Crippen LogP contribution >= 0.6 is 0 Å². The topological polar surface area (TPSA) is 71.7 Å². The third-order valence-corrected chi connectivity index (χ3v) is 3.23. The second kappa shape index (κ2) is 8.77. The predicted octanol–water partition coefficient (Wildman–Crippen LogP) is 2.34. The van der Waals surface area contributed by atoms with Crippen molar-refractivity contribution in [3.63, 3.8) is 0 Å². The summed E-state index contributed by atoms with van der Waals surface area (Å²) in [5.74, 6) is 0.509. The third-order valence-electron chi connectivity index (χ3n) is 3.23. The van der Waals surface area contributed by atoms with Crippen LogP contribution in [0.4, 0.5) is 4.39 Å². The van der Waals surface area contributed by atoms with Crippen LogP contribution in [0.5, 0.6) is 5.75 Å². The number of guanidine groups is 1. The van der Waals surface area contributed by atoms with E-state index < -0.39 is 0 Å². The molecule has 0 aliphatic heterocycles. The molecule has 1 aromatic heterocycles. The zero-order valence-corrected chi connectivity index (χ0v) is 13.3. The minimum Gasteiger partial charge on any atom is -0.486 e. The Balaban J connectivity index is 1.82. The van der Waals surface area contributed by atoms with Crippen molar-refractivity contribution in [1.82, 2.24) is 15.8 Å². The van der Waals surface area contributed by atoms with Gasteiger partial charge in [-0.15, -0.1) is 0 Å². The summed E-state index contributed by atoms with van der Waals surface area (Å²) in [6, 6.07) is 8.16. The summed E-state index contributed by atoms with van der Waals surface area (Å²) < 4.78 is 24.1. The van der Waals surface area contributed by atoms with E-state index >= 15 is 0 Å². The number of aromatic nitrogens is 1. The number of hydrogen-bond donors (Lipinski definition) is 2. The smallest absolute Gasteiger partial charge is 0.191 e. The molecule has 0 aliphatic carbocycles. The fraction of sp³-hybridized carbons (Fsp3) is 0.375. The Bertz CT molecular complexity index is 616. The number of halogens is 1. The first kappa shape index (κ1) is 16.8. The van der Waals surface area contributed by atoms with Crippen LogP contribution in [-0.2, 0) is 6.54 Å². The van der Waals surface area contributed by atoms with Gasteiger partial charge in [0, 0.05) is 13.1 Å². The molecule has 0 saturated carbocycles. The molecule has 0 fully saturated rings. The number of benzene rings is 1. The molecule has 2 aromatic rings. The highest BCUT2D eigenvalue weighted by Gasteiger charge is 2.12. The van der Waals surface area contributed by atoms with Crippen LogP contribution in [0.2, 0.25) is 0 Å². The van der Waals surface area contributed by atoms with Crippen LogP contribution in [-0.4, -0.2) is 30.8 Å². The zero-order valence-electron chi connectivity index (χ0n) is 13.3. The normalized spacial score (nSPS) is 12.7. The van der Waals surface area contributed by atoms with Crippen molar-refractivity contribution >= 4 is 5.96 Å². The summed E-state index contributed by atoms with van der Waals surface area (Å²) in [5.41, 5.74) is 0.780. The van der Waals surface area contributed by atoms with Crippen molar-refractivity contribution in [1.29, 1.82) is 0 Å². The van der Waals surface area contributed by atoms with Gasteiger partial charge in [0.25, 0.3) is 0 Å². The van der Waals surface area contributed by atoms with Gasteiger partial charge in [0.05, 0.1) is 13.1 Å². The predicted molar refractivity (Wildman–Crippen MR) is 85.8 cm³/mol. The first-order valence-electron chi connectivity index (χ1n) is 7.48. The fourth-order valence-corrected chi connectivity index (χ4v) is 1.92. The highest BCUT2D eigenvalue weighted by molar-refractivity contribution is 5.79. The van der Waals surface area contributed by atoms with Crippen LogP contribution in [0.3, 0.4) is 0 Å². The molecule has 0 aliphatic rings. The highest BCUT2D eigenvalue weighted by atomic mass is 19.1. The Morgan fingerprint density at radius 3 is 2.83 bits per heavy atom. The van der Waals surface area contributed by atoms with Crippen molar-refractivity contribution in [3.05, 3.63) is 48.1 Å². The van der Waals surface area contributed by atoms with Gasteiger partial charge in [-0.1, -0.05) is 24.2 Å². The molecule has 0 radical (unpaired) electrons. The summed E-state index contributed by atoms with van der Waals surface area (Å²) in [4.78, 5) is 4.12. The van der Waals surface area contributed by atoms with E-state index in [4.69, 9.17) is 9.26 Å². The van der Waals surface area contributed by atoms with Crippen molar-refractivity contribution in [2.45, 2.75) is 26.0 Å². The van der Waals surface area contributed by atoms with Gasteiger partial charge >= 0.3 is 0 Å². The van der Waals surface area contributed by atoms with E-state index in [0.29, 0.717) is 19.0 Å². The fourth-order valence-electron chi connectivity index (χ4n) is 1.92. The summed E-state index contributed by atoms with van der Waals surface area (Å²) in [6.45, 7) is 2.99. The minimum atomic E-state index is -0.362. The van der Waals surface area contributed by atoms with E-state index in [9.17, 15) is 4.39 Å². The van der Waals surface area contributed by atoms with E-state index in [-0.39, 0.29) is 17.7 Å². The van der Waals surface area contributed by atoms with E-state index in [1.807, 2.05) is 6.92 Å². The molecule has 1 atom stereocenters. The van der Waals surface area contributed by atoms with Crippen LogP contribution in [0.15, 0.2) is 46.1 Å². The summed E-state index contributed by atoms with van der Waals surface area (Å²) in [6.07, 6.45) is 2.09. The van der Waals surface area contributed by atoms with E-state index in [1.54, 1.807) is 31.3 Å². The van der Waals surface area contributed by atoms with E-state index in [1.165, 1.54) is 12.3 Å². The average Bonchev–Trinajstić information content (AvgIpc) is 3.09. The molecular formula is C16H21FN4O2. The largest absolute Gasteiger partial charge is 0.486 e. The van der Waals surface area contributed by atoms with Gasteiger partial charge in [-0.3, -0.25) is 4.99 Å². The molecule has 1 aromatic carbocycles. The lowest BCUT2D eigenvalue weighted by molar-refractivity contribution is 0.191. The number of aliphatic imine (C=N–C) groups is 1. The van der Waals surface area contributed by atoms with Crippen LogP contribution in [0.1, 0.15) is 19.0 Å². The van der Waals surface area contributed by atoms with Gasteiger partial charge in [-0.25, -0.2) is 4.39 Å².